The highest BCUT2D eigenvalue weighted by Crippen LogP contribution is 2.28. The number of rotatable bonds is 5. The highest BCUT2D eigenvalue weighted by molar-refractivity contribution is 6.31. The van der Waals surface area contributed by atoms with Crippen LogP contribution in [0.1, 0.15) is 39.0 Å². The number of ether oxygens (including phenoxy) is 1. The Morgan fingerprint density at radius 1 is 1.48 bits per heavy atom. The lowest BCUT2D eigenvalue weighted by atomic mass is 9.85. The van der Waals surface area contributed by atoms with Crippen LogP contribution in [0.25, 0.3) is 0 Å². The maximum atomic E-state index is 11.9. The number of anilines is 2. The number of halogens is 1. The molecule has 3 N–H and O–H groups in total. The van der Waals surface area contributed by atoms with Crippen molar-refractivity contribution in [3.63, 3.8) is 0 Å². The van der Waals surface area contributed by atoms with E-state index in [9.17, 15) is 4.79 Å². The summed E-state index contributed by atoms with van der Waals surface area (Å²) in [6, 6.07) is 5.01. The first kappa shape index (κ1) is 16.1. The summed E-state index contributed by atoms with van der Waals surface area (Å²) in [5, 5.41) is 3.31. The van der Waals surface area contributed by atoms with E-state index in [4.69, 9.17) is 22.1 Å². The molecule has 1 aliphatic rings. The number of hydrogen-bond acceptors (Lipinski definition) is 3. The Kier molecular flexibility index (Phi) is 5.88. The van der Waals surface area contributed by atoms with Gasteiger partial charge in [0.15, 0.2) is 0 Å². The monoisotopic (exact) mass is 310 g/mol. The number of nitrogens with one attached hydrogen (secondary N) is 1. The number of carbonyl (C=O) groups excluding carboxylic acids is 1. The van der Waals surface area contributed by atoms with Gasteiger partial charge in [0.1, 0.15) is 6.61 Å². The quantitative estimate of drug-likeness (QED) is 0.812. The van der Waals surface area contributed by atoms with Crippen molar-refractivity contribution >= 4 is 28.9 Å². The highest BCUT2D eigenvalue weighted by atomic mass is 35.5. The molecule has 116 valence electrons. The third kappa shape index (κ3) is 4.90. The van der Waals surface area contributed by atoms with Crippen LogP contribution in [0.4, 0.5) is 11.4 Å². The first-order valence-corrected chi connectivity index (χ1v) is 7.92. The Hall–Kier alpha value is -1.26. The first-order valence-electron chi connectivity index (χ1n) is 7.55. The van der Waals surface area contributed by atoms with Gasteiger partial charge in [-0.1, -0.05) is 37.8 Å². The van der Waals surface area contributed by atoms with E-state index in [1.165, 1.54) is 19.3 Å². The van der Waals surface area contributed by atoms with Gasteiger partial charge in [0.25, 0.3) is 0 Å². The van der Waals surface area contributed by atoms with Gasteiger partial charge in [-0.2, -0.15) is 0 Å². The largest absolute Gasteiger partial charge is 0.397 e. The fraction of sp³-hybridized carbons (Fsp3) is 0.562. The molecule has 2 unspecified atom stereocenters. The summed E-state index contributed by atoms with van der Waals surface area (Å²) in [5.41, 5.74) is 6.84. The maximum Gasteiger partial charge on any atom is 0.250 e. The molecule has 0 aliphatic heterocycles. The fourth-order valence-electron chi connectivity index (χ4n) is 2.79. The van der Waals surface area contributed by atoms with Gasteiger partial charge in [-0.3, -0.25) is 4.79 Å². The minimum Gasteiger partial charge on any atom is -0.397 e. The van der Waals surface area contributed by atoms with Crippen LogP contribution in [0.15, 0.2) is 18.2 Å². The average Bonchev–Trinajstić information content (AvgIpc) is 2.48. The number of benzene rings is 1. The number of amides is 1. The lowest BCUT2D eigenvalue weighted by Gasteiger charge is -2.28. The van der Waals surface area contributed by atoms with E-state index >= 15 is 0 Å². The van der Waals surface area contributed by atoms with Gasteiger partial charge in [-0.05, 0) is 37.0 Å². The zero-order valence-electron chi connectivity index (χ0n) is 12.4. The molecule has 1 aliphatic carbocycles. The maximum absolute atomic E-state index is 11.9. The molecule has 21 heavy (non-hydrogen) atoms. The minimum atomic E-state index is -0.178. The number of carbonyl (C=O) groups is 1. The number of hydrogen-bond donors (Lipinski definition) is 2. The SMILES string of the molecule is CCC1CCCC(OCC(=O)Nc2ccc(Cl)cc2N)C1. The van der Waals surface area contributed by atoms with E-state index in [2.05, 4.69) is 12.2 Å². The molecule has 1 saturated carbocycles. The van der Waals surface area contributed by atoms with Crippen LogP contribution in [0, 0.1) is 5.92 Å². The highest BCUT2D eigenvalue weighted by Gasteiger charge is 2.21. The molecule has 0 bridgehead atoms. The van der Waals surface area contributed by atoms with Crippen LogP contribution >= 0.6 is 11.6 Å². The van der Waals surface area contributed by atoms with Gasteiger partial charge in [-0.25, -0.2) is 0 Å². The van der Waals surface area contributed by atoms with E-state index in [0.717, 1.165) is 18.8 Å². The van der Waals surface area contributed by atoms with Crippen molar-refractivity contribution in [1.82, 2.24) is 0 Å². The van der Waals surface area contributed by atoms with E-state index in [-0.39, 0.29) is 18.6 Å². The average molecular weight is 311 g/mol. The summed E-state index contributed by atoms with van der Waals surface area (Å²) in [6.07, 6.45) is 5.98. The molecule has 0 heterocycles. The van der Waals surface area contributed by atoms with Crippen LogP contribution in [-0.4, -0.2) is 18.6 Å². The third-order valence-electron chi connectivity index (χ3n) is 4.05. The zero-order valence-corrected chi connectivity index (χ0v) is 13.2. The predicted molar refractivity (Wildman–Crippen MR) is 86.5 cm³/mol. The first-order chi connectivity index (χ1) is 10.1. The molecule has 1 aromatic rings. The topological polar surface area (TPSA) is 64.3 Å². The second-order valence-electron chi connectivity index (χ2n) is 5.65. The van der Waals surface area contributed by atoms with Crippen molar-refractivity contribution in [2.24, 2.45) is 5.92 Å². The zero-order chi connectivity index (χ0) is 15.2. The minimum absolute atomic E-state index is 0.0726. The van der Waals surface area contributed by atoms with Gasteiger partial charge >= 0.3 is 0 Å². The number of nitrogen functional groups attached to an aromatic ring is 1. The normalized spacial score (nSPS) is 22.0. The van der Waals surface area contributed by atoms with E-state index < -0.39 is 0 Å². The van der Waals surface area contributed by atoms with Crippen LogP contribution in [0.2, 0.25) is 5.02 Å². The summed E-state index contributed by atoms with van der Waals surface area (Å²) >= 11 is 5.83. The van der Waals surface area contributed by atoms with Gasteiger partial charge in [-0.15, -0.1) is 0 Å². The summed E-state index contributed by atoms with van der Waals surface area (Å²) in [4.78, 5) is 11.9. The van der Waals surface area contributed by atoms with Crippen LogP contribution in [0.3, 0.4) is 0 Å². The van der Waals surface area contributed by atoms with Gasteiger partial charge in [0.05, 0.1) is 17.5 Å². The van der Waals surface area contributed by atoms with Crippen molar-refractivity contribution in [2.45, 2.75) is 45.1 Å². The van der Waals surface area contributed by atoms with Gasteiger partial charge < -0.3 is 15.8 Å². The molecule has 0 radical (unpaired) electrons. The molecule has 1 aromatic carbocycles. The molecule has 0 spiro atoms. The standard InChI is InChI=1S/C16H23ClN2O2/c1-2-11-4-3-5-13(8-11)21-10-16(20)19-15-7-6-12(17)9-14(15)18/h6-7,9,11,13H,2-5,8,10,18H2,1H3,(H,19,20). The van der Waals surface area contributed by atoms with Gasteiger partial charge in [0.2, 0.25) is 5.91 Å². The van der Waals surface area contributed by atoms with Crippen molar-refractivity contribution in [3.8, 4) is 0 Å². The van der Waals surface area contributed by atoms with E-state index in [0.29, 0.717) is 16.4 Å². The molecule has 5 heteroatoms. The summed E-state index contributed by atoms with van der Waals surface area (Å²) in [6.45, 7) is 2.28. The summed E-state index contributed by atoms with van der Waals surface area (Å²) < 4.78 is 5.73. The van der Waals surface area contributed by atoms with Crippen LogP contribution in [-0.2, 0) is 9.53 Å². The Morgan fingerprint density at radius 3 is 3.00 bits per heavy atom. The Balaban J connectivity index is 1.79. The second-order valence-corrected chi connectivity index (χ2v) is 6.09. The van der Waals surface area contributed by atoms with Crippen molar-refractivity contribution < 1.29 is 9.53 Å². The van der Waals surface area contributed by atoms with E-state index in [1.54, 1.807) is 18.2 Å². The molecular weight excluding hydrogens is 288 g/mol. The lowest BCUT2D eigenvalue weighted by Crippen LogP contribution is -2.27. The summed E-state index contributed by atoms with van der Waals surface area (Å²) in [5.74, 6) is 0.557. The fourth-order valence-corrected chi connectivity index (χ4v) is 2.97. The van der Waals surface area contributed by atoms with Crippen LogP contribution < -0.4 is 11.1 Å². The third-order valence-corrected chi connectivity index (χ3v) is 4.28. The Labute approximate surface area is 131 Å². The molecule has 4 nitrogen and oxygen atoms in total. The predicted octanol–water partition coefficient (Wildman–Crippen LogP) is 3.85. The smallest absolute Gasteiger partial charge is 0.250 e. The molecular formula is C16H23ClN2O2. The van der Waals surface area contributed by atoms with Crippen molar-refractivity contribution in [2.75, 3.05) is 17.7 Å². The summed E-state index contributed by atoms with van der Waals surface area (Å²) in [7, 11) is 0. The lowest BCUT2D eigenvalue weighted by molar-refractivity contribution is -0.123. The molecule has 2 rings (SSSR count). The van der Waals surface area contributed by atoms with Crippen molar-refractivity contribution in [1.29, 1.82) is 0 Å². The number of nitrogens with two attached hydrogens (primary N) is 1. The molecule has 0 aromatic heterocycles. The molecule has 2 atom stereocenters. The molecule has 0 saturated heterocycles. The van der Waals surface area contributed by atoms with Gasteiger partial charge in [0, 0.05) is 5.02 Å². The Bertz CT molecular complexity index is 493. The molecule has 1 amide bonds. The van der Waals surface area contributed by atoms with Crippen LogP contribution in [0.5, 0.6) is 0 Å². The molecule has 1 fully saturated rings. The van der Waals surface area contributed by atoms with Crippen molar-refractivity contribution in [3.05, 3.63) is 23.2 Å². The second kappa shape index (κ2) is 7.66. The van der Waals surface area contributed by atoms with E-state index in [1.807, 2.05) is 0 Å². The Morgan fingerprint density at radius 2 is 2.29 bits per heavy atom.